The van der Waals surface area contributed by atoms with Crippen LogP contribution in [0.2, 0.25) is 0 Å². The van der Waals surface area contributed by atoms with Crippen LogP contribution in [0.25, 0.3) is 0 Å². The highest BCUT2D eigenvalue weighted by Gasteiger charge is 2.53. The number of fused-ring (bicyclic) bond motifs is 5. The Bertz CT molecular complexity index is 360. The Hall–Kier alpha value is -0.530. The van der Waals surface area contributed by atoms with Crippen molar-refractivity contribution >= 4 is 5.97 Å². The number of carbonyl (C=O) groups excluding carboxylic acids is 1. The lowest BCUT2D eigenvalue weighted by Crippen LogP contribution is -2.31. The van der Waals surface area contributed by atoms with Gasteiger partial charge in [0.05, 0.1) is 12.0 Å². The van der Waals surface area contributed by atoms with E-state index in [4.69, 9.17) is 4.74 Å². The topological polar surface area (TPSA) is 26.3 Å². The highest BCUT2D eigenvalue weighted by Crippen LogP contribution is 2.60. The van der Waals surface area contributed by atoms with Gasteiger partial charge in [-0.3, -0.25) is 4.79 Å². The van der Waals surface area contributed by atoms with E-state index < -0.39 is 0 Å². The lowest BCUT2D eigenvalue weighted by molar-refractivity contribution is -0.156. The summed E-state index contributed by atoms with van der Waals surface area (Å²) in [6, 6.07) is 0. The third-order valence-corrected chi connectivity index (χ3v) is 6.43. The molecule has 3 aliphatic carbocycles. The van der Waals surface area contributed by atoms with Crippen LogP contribution in [-0.4, -0.2) is 12.6 Å². The SMILES string of the molecule is CCC(C)(C)C(=O)OCC1CC2CC1C1CCCC21. The second-order valence-electron chi connectivity index (χ2n) is 7.75. The molecule has 3 aliphatic rings. The van der Waals surface area contributed by atoms with Gasteiger partial charge in [0.15, 0.2) is 0 Å². The Morgan fingerprint density at radius 1 is 1.16 bits per heavy atom. The monoisotopic (exact) mass is 264 g/mol. The van der Waals surface area contributed by atoms with E-state index in [2.05, 4.69) is 6.92 Å². The molecule has 0 aromatic heterocycles. The first-order chi connectivity index (χ1) is 9.03. The number of rotatable bonds is 4. The van der Waals surface area contributed by atoms with Gasteiger partial charge in [0.2, 0.25) is 0 Å². The van der Waals surface area contributed by atoms with E-state index in [0.29, 0.717) is 12.5 Å². The highest BCUT2D eigenvalue weighted by molar-refractivity contribution is 5.75. The first kappa shape index (κ1) is 13.5. The van der Waals surface area contributed by atoms with Crippen LogP contribution < -0.4 is 0 Å². The van der Waals surface area contributed by atoms with Gasteiger partial charge >= 0.3 is 5.97 Å². The molecule has 2 nitrogen and oxygen atoms in total. The fourth-order valence-electron chi connectivity index (χ4n) is 4.92. The second-order valence-corrected chi connectivity index (χ2v) is 7.75. The Morgan fingerprint density at radius 2 is 1.89 bits per heavy atom. The molecule has 0 spiro atoms. The zero-order chi connectivity index (χ0) is 13.6. The van der Waals surface area contributed by atoms with Crippen molar-refractivity contribution in [2.45, 2.75) is 59.3 Å². The van der Waals surface area contributed by atoms with Crippen LogP contribution in [0.15, 0.2) is 0 Å². The van der Waals surface area contributed by atoms with Crippen molar-refractivity contribution in [3.8, 4) is 0 Å². The fraction of sp³-hybridized carbons (Fsp3) is 0.941. The third-order valence-electron chi connectivity index (χ3n) is 6.43. The molecule has 0 aromatic rings. The minimum Gasteiger partial charge on any atom is -0.465 e. The zero-order valence-electron chi connectivity index (χ0n) is 12.7. The highest BCUT2D eigenvalue weighted by atomic mass is 16.5. The molecular weight excluding hydrogens is 236 g/mol. The molecule has 0 aromatic carbocycles. The summed E-state index contributed by atoms with van der Waals surface area (Å²) in [5.74, 6) is 4.50. The van der Waals surface area contributed by atoms with Crippen LogP contribution in [0.3, 0.4) is 0 Å². The van der Waals surface area contributed by atoms with Gasteiger partial charge in [-0.1, -0.05) is 13.3 Å². The lowest BCUT2D eigenvalue weighted by Gasteiger charge is -2.32. The van der Waals surface area contributed by atoms with Gasteiger partial charge in [0.25, 0.3) is 0 Å². The standard InChI is InChI=1S/C17H28O2/c1-4-17(2,3)16(18)19-10-12-8-11-9-15(12)14-7-5-6-13(11)14/h11-15H,4-10H2,1-3H3. The maximum atomic E-state index is 12.1. The normalized spacial score (nSPS) is 40.5. The number of hydrogen-bond acceptors (Lipinski definition) is 2. The van der Waals surface area contributed by atoms with Gasteiger partial charge in [-0.25, -0.2) is 0 Å². The average molecular weight is 264 g/mol. The van der Waals surface area contributed by atoms with Crippen LogP contribution in [0, 0.1) is 35.0 Å². The molecule has 2 bridgehead atoms. The molecule has 19 heavy (non-hydrogen) atoms. The predicted octanol–water partition coefficient (Wildman–Crippen LogP) is 4.04. The number of esters is 1. The van der Waals surface area contributed by atoms with E-state index in [-0.39, 0.29) is 11.4 Å². The van der Waals surface area contributed by atoms with E-state index in [1.807, 2.05) is 13.8 Å². The van der Waals surface area contributed by atoms with Gasteiger partial charge in [0, 0.05) is 0 Å². The van der Waals surface area contributed by atoms with Gasteiger partial charge < -0.3 is 4.74 Å². The Morgan fingerprint density at radius 3 is 2.63 bits per heavy atom. The summed E-state index contributed by atoms with van der Waals surface area (Å²) in [5.41, 5.74) is -0.312. The van der Waals surface area contributed by atoms with Crippen LogP contribution in [0.1, 0.15) is 59.3 Å². The van der Waals surface area contributed by atoms with Crippen molar-refractivity contribution in [1.29, 1.82) is 0 Å². The summed E-state index contributed by atoms with van der Waals surface area (Å²) in [5, 5.41) is 0. The van der Waals surface area contributed by atoms with Crippen LogP contribution in [0.4, 0.5) is 0 Å². The van der Waals surface area contributed by atoms with Crippen LogP contribution in [0.5, 0.6) is 0 Å². The minimum atomic E-state index is -0.312. The zero-order valence-corrected chi connectivity index (χ0v) is 12.7. The summed E-state index contributed by atoms with van der Waals surface area (Å²) in [6.07, 6.45) is 7.96. The predicted molar refractivity (Wildman–Crippen MR) is 75.6 cm³/mol. The van der Waals surface area contributed by atoms with Crippen molar-refractivity contribution in [3.63, 3.8) is 0 Å². The third kappa shape index (κ3) is 2.21. The summed E-state index contributed by atoms with van der Waals surface area (Å²) >= 11 is 0. The quantitative estimate of drug-likeness (QED) is 0.716. The first-order valence-corrected chi connectivity index (χ1v) is 8.20. The Kier molecular flexibility index (Phi) is 3.39. The summed E-state index contributed by atoms with van der Waals surface area (Å²) in [6.45, 7) is 6.72. The fourth-order valence-corrected chi connectivity index (χ4v) is 4.92. The molecule has 5 unspecified atom stereocenters. The number of carbonyl (C=O) groups is 1. The van der Waals surface area contributed by atoms with E-state index in [1.165, 1.54) is 32.1 Å². The average Bonchev–Trinajstić information content (AvgIpc) is 3.07. The van der Waals surface area contributed by atoms with E-state index in [1.54, 1.807) is 0 Å². The molecule has 3 fully saturated rings. The summed E-state index contributed by atoms with van der Waals surface area (Å²) < 4.78 is 5.64. The van der Waals surface area contributed by atoms with Gasteiger partial charge in [-0.2, -0.15) is 0 Å². The van der Waals surface area contributed by atoms with E-state index >= 15 is 0 Å². The molecule has 0 amide bonds. The molecule has 2 heteroatoms. The molecule has 0 heterocycles. The van der Waals surface area contributed by atoms with Gasteiger partial charge in [-0.05, 0) is 75.5 Å². The van der Waals surface area contributed by atoms with E-state index in [9.17, 15) is 4.79 Å². The molecule has 0 aliphatic heterocycles. The number of ether oxygens (including phenoxy) is 1. The molecule has 0 saturated heterocycles. The maximum Gasteiger partial charge on any atom is 0.311 e. The summed E-state index contributed by atoms with van der Waals surface area (Å²) in [4.78, 5) is 12.1. The lowest BCUT2D eigenvalue weighted by atomic mass is 9.76. The first-order valence-electron chi connectivity index (χ1n) is 8.20. The van der Waals surface area contributed by atoms with Gasteiger partial charge in [0.1, 0.15) is 0 Å². The molecule has 0 radical (unpaired) electrons. The van der Waals surface area contributed by atoms with Crippen molar-refractivity contribution < 1.29 is 9.53 Å². The van der Waals surface area contributed by atoms with Crippen LogP contribution in [-0.2, 0) is 9.53 Å². The molecule has 5 atom stereocenters. The Labute approximate surface area is 117 Å². The van der Waals surface area contributed by atoms with Crippen molar-refractivity contribution in [3.05, 3.63) is 0 Å². The molecule has 108 valence electrons. The smallest absolute Gasteiger partial charge is 0.311 e. The maximum absolute atomic E-state index is 12.1. The number of hydrogen-bond donors (Lipinski definition) is 0. The largest absolute Gasteiger partial charge is 0.465 e. The van der Waals surface area contributed by atoms with Crippen LogP contribution >= 0.6 is 0 Å². The van der Waals surface area contributed by atoms with Crippen molar-refractivity contribution in [1.82, 2.24) is 0 Å². The summed E-state index contributed by atoms with van der Waals surface area (Å²) in [7, 11) is 0. The van der Waals surface area contributed by atoms with Crippen molar-refractivity contribution in [2.24, 2.45) is 35.0 Å². The molecular formula is C17H28O2. The van der Waals surface area contributed by atoms with Crippen molar-refractivity contribution in [2.75, 3.05) is 6.61 Å². The Balaban J connectivity index is 1.54. The molecule has 0 N–H and O–H groups in total. The minimum absolute atomic E-state index is 0.000690. The molecule has 3 saturated carbocycles. The molecule has 3 rings (SSSR count). The second kappa shape index (κ2) is 4.79. The van der Waals surface area contributed by atoms with E-state index in [0.717, 1.165) is 30.1 Å². The van der Waals surface area contributed by atoms with Gasteiger partial charge in [-0.15, -0.1) is 0 Å².